The van der Waals surface area contributed by atoms with Crippen LogP contribution in [0.15, 0.2) is 35.1 Å². The second-order valence-corrected chi connectivity index (χ2v) is 3.78. The molecule has 2 N–H and O–H groups in total. The Morgan fingerprint density at radius 2 is 2.11 bits per heavy atom. The fraction of sp³-hybridized carbons (Fsp3) is 0.250. The minimum absolute atomic E-state index is 0.0253. The molecular formula is C12H14N4O2. The molecule has 1 amide bonds. The molecule has 2 aromatic rings. The highest BCUT2D eigenvalue weighted by Crippen LogP contribution is 2.01. The zero-order valence-electron chi connectivity index (χ0n) is 10.0. The van der Waals surface area contributed by atoms with Gasteiger partial charge in [-0.15, -0.1) is 5.10 Å². The summed E-state index contributed by atoms with van der Waals surface area (Å²) >= 11 is 0. The van der Waals surface area contributed by atoms with E-state index < -0.39 is 5.69 Å². The number of nitrogens with one attached hydrogen (secondary N) is 2. The molecular weight excluding hydrogens is 232 g/mol. The number of rotatable bonds is 4. The van der Waals surface area contributed by atoms with Gasteiger partial charge in [-0.2, -0.15) is 4.68 Å². The zero-order valence-corrected chi connectivity index (χ0v) is 10.0. The number of hydrogen-bond acceptors (Lipinski definition) is 3. The number of H-pyrrole nitrogens is 1. The number of amides is 1. The monoisotopic (exact) mass is 246 g/mol. The van der Waals surface area contributed by atoms with E-state index in [0.717, 1.165) is 6.42 Å². The molecule has 0 saturated heterocycles. The number of para-hydroxylation sites is 1. The SMILES string of the molecule is CCCNC(=O)c1nn(-c2ccccc2)c(=O)[nH]1. The highest BCUT2D eigenvalue weighted by atomic mass is 16.2. The number of aromatic amines is 1. The Kier molecular flexibility index (Phi) is 3.57. The summed E-state index contributed by atoms with van der Waals surface area (Å²) < 4.78 is 1.17. The van der Waals surface area contributed by atoms with E-state index in [4.69, 9.17) is 0 Å². The van der Waals surface area contributed by atoms with Crippen LogP contribution in [0.25, 0.3) is 5.69 Å². The van der Waals surface area contributed by atoms with E-state index in [1.807, 2.05) is 13.0 Å². The first-order valence-corrected chi connectivity index (χ1v) is 5.75. The molecule has 0 bridgehead atoms. The Bertz CT molecular complexity index is 586. The Morgan fingerprint density at radius 3 is 2.78 bits per heavy atom. The van der Waals surface area contributed by atoms with Crippen LogP contribution in [0.1, 0.15) is 24.0 Å². The van der Waals surface area contributed by atoms with Crippen LogP contribution in [0.4, 0.5) is 0 Å². The number of hydrogen-bond donors (Lipinski definition) is 2. The van der Waals surface area contributed by atoms with Crippen LogP contribution in [-0.4, -0.2) is 27.2 Å². The third-order valence-corrected chi connectivity index (χ3v) is 2.37. The van der Waals surface area contributed by atoms with Crippen molar-refractivity contribution in [3.63, 3.8) is 0 Å². The zero-order chi connectivity index (χ0) is 13.0. The van der Waals surface area contributed by atoms with Gasteiger partial charge in [0.15, 0.2) is 0 Å². The highest BCUT2D eigenvalue weighted by molar-refractivity contribution is 5.90. The smallest absolute Gasteiger partial charge is 0.348 e. The number of carbonyl (C=O) groups excluding carboxylic acids is 1. The van der Waals surface area contributed by atoms with Crippen molar-refractivity contribution in [2.45, 2.75) is 13.3 Å². The van der Waals surface area contributed by atoms with Crippen LogP contribution >= 0.6 is 0 Å². The summed E-state index contributed by atoms with van der Waals surface area (Å²) in [6.45, 7) is 2.50. The predicted octanol–water partition coefficient (Wildman–Crippen LogP) is 0.700. The van der Waals surface area contributed by atoms with Crippen LogP contribution in [0.3, 0.4) is 0 Å². The van der Waals surface area contributed by atoms with E-state index >= 15 is 0 Å². The fourth-order valence-corrected chi connectivity index (χ4v) is 1.49. The normalized spacial score (nSPS) is 10.3. The van der Waals surface area contributed by atoms with Crippen LogP contribution in [0, 0.1) is 0 Å². The molecule has 0 aliphatic heterocycles. The van der Waals surface area contributed by atoms with Gasteiger partial charge in [0.2, 0.25) is 5.82 Å². The molecule has 6 heteroatoms. The average molecular weight is 246 g/mol. The van der Waals surface area contributed by atoms with Gasteiger partial charge in [0.1, 0.15) is 0 Å². The lowest BCUT2D eigenvalue weighted by molar-refractivity contribution is 0.0943. The first-order chi connectivity index (χ1) is 8.72. The molecule has 0 unspecified atom stereocenters. The van der Waals surface area contributed by atoms with Gasteiger partial charge in [-0.1, -0.05) is 25.1 Å². The molecule has 0 spiro atoms. The molecule has 18 heavy (non-hydrogen) atoms. The molecule has 2 rings (SSSR count). The van der Waals surface area contributed by atoms with Crippen molar-refractivity contribution < 1.29 is 4.79 Å². The van der Waals surface area contributed by atoms with Crippen molar-refractivity contribution in [2.75, 3.05) is 6.54 Å². The summed E-state index contributed by atoms with van der Waals surface area (Å²) in [4.78, 5) is 25.8. The third-order valence-electron chi connectivity index (χ3n) is 2.37. The summed E-state index contributed by atoms with van der Waals surface area (Å²) in [6, 6.07) is 8.93. The predicted molar refractivity (Wildman–Crippen MR) is 66.8 cm³/mol. The fourth-order valence-electron chi connectivity index (χ4n) is 1.49. The van der Waals surface area contributed by atoms with Gasteiger partial charge in [-0.25, -0.2) is 4.79 Å². The van der Waals surface area contributed by atoms with Crippen molar-refractivity contribution in [2.24, 2.45) is 0 Å². The average Bonchev–Trinajstić information content (AvgIpc) is 2.79. The maximum absolute atomic E-state index is 11.7. The van der Waals surface area contributed by atoms with Crippen LogP contribution in [0.2, 0.25) is 0 Å². The number of aromatic nitrogens is 3. The molecule has 6 nitrogen and oxygen atoms in total. The molecule has 0 aliphatic carbocycles. The van der Waals surface area contributed by atoms with E-state index in [1.165, 1.54) is 4.68 Å². The van der Waals surface area contributed by atoms with Gasteiger partial charge in [0.25, 0.3) is 5.91 Å². The van der Waals surface area contributed by atoms with Gasteiger partial charge in [-0.3, -0.25) is 9.78 Å². The minimum Gasteiger partial charge on any atom is -0.349 e. The quantitative estimate of drug-likeness (QED) is 0.833. The molecule has 1 aromatic heterocycles. The lowest BCUT2D eigenvalue weighted by Gasteiger charge is -1.99. The highest BCUT2D eigenvalue weighted by Gasteiger charge is 2.13. The van der Waals surface area contributed by atoms with Crippen molar-refractivity contribution in [1.29, 1.82) is 0 Å². The standard InChI is InChI=1S/C12H14N4O2/c1-2-8-13-11(17)10-14-12(18)16(15-10)9-6-4-3-5-7-9/h3-7H,2,8H2,1H3,(H,13,17)(H,14,15,18). The minimum atomic E-state index is -0.428. The van der Waals surface area contributed by atoms with E-state index in [9.17, 15) is 9.59 Å². The van der Waals surface area contributed by atoms with Crippen LogP contribution in [0.5, 0.6) is 0 Å². The first kappa shape index (κ1) is 12.1. The van der Waals surface area contributed by atoms with Crippen molar-refractivity contribution in [3.8, 4) is 5.69 Å². The van der Waals surface area contributed by atoms with Crippen molar-refractivity contribution in [1.82, 2.24) is 20.1 Å². The molecule has 94 valence electrons. The lowest BCUT2D eigenvalue weighted by Crippen LogP contribution is -2.25. The maximum atomic E-state index is 11.7. The second kappa shape index (κ2) is 5.31. The number of carbonyl (C=O) groups is 1. The molecule has 0 aliphatic rings. The Balaban J connectivity index is 2.28. The molecule has 1 heterocycles. The van der Waals surface area contributed by atoms with Crippen LogP contribution in [-0.2, 0) is 0 Å². The van der Waals surface area contributed by atoms with Gasteiger partial charge in [0, 0.05) is 6.54 Å². The summed E-state index contributed by atoms with van der Waals surface area (Å²) in [5.41, 5.74) is 0.191. The summed E-state index contributed by atoms with van der Waals surface area (Å²) in [6.07, 6.45) is 0.829. The summed E-state index contributed by atoms with van der Waals surface area (Å²) in [7, 11) is 0. The second-order valence-electron chi connectivity index (χ2n) is 3.78. The van der Waals surface area contributed by atoms with Crippen molar-refractivity contribution >= 4 is 5.91 Å². The third kappa shape index (κ3) is 2.48. The summed E-state index contributed by atoms with van der Waals surface area (Å²) in [5, 5.41) is 6.63. The lowest BCUT2D eigenvalue weighted by atomic mass is 10.3. The molecule has 1 aromatic carbocycles. The topological polar surface area (TPSA) is 79.8 Å². The largest absolute Gasteiger partial charge is 0.349 e. The van der Waals surface area contributed by atoms with Gasteiger partial charge in [-0.05, 0) is 18.6 Å². The van der Waals surface area contributed by atoms with E-state index in [2.05, 4.69) is 15.4 Å². The Labute approximate surface area is 104 Å². The van der Waals surface area contributed by atoms with Gasteiger partial charge >= 0.3 is 5.69 Å². The van der Waals surface area contributed by atoms with Gasteiger partial charge < -0.3 is 5.32 Å². The molecule has 0 atom stereocenters. The van der Waals surface area contributed by atoms with Gasteiger partial charge in [0.05, 0.1) is 5.69 Å². The summed E-state index contributed by atoms with van der Waals surface area (Å²) in [5.74, 6) is -0.346. The molecule has 0 fully saturated rings. The van der Waals surface area contributed by atoms with Crippen molar-refractivity contribution in [3.05, 3.63) is 46.6 Å². The molecule has 0 radical (unpaired) electrons. The van der Waals surface area contributed by atoms with E-state index in [1.54, 1.807) is 24.3 Å². The number of nitrogens with zero attached hydrogens (tertiary/aromatic N) is 2. The maximum Gasteiger partial charge on any atom is 0.348 e. The molecule has 0 saturated carbocycles. The Morgan fingerprint density at radius 1 is 1.39 bits per heavy atom. The first-order valence-electron chi connectivity index (χ1n) is 5.75. The number of benzene rings is 1. The van der Waals surface area contributed by atoms with E-state index in [0.29, 0.717) is 12.2 Å². The Hall–Kier alpha value is -2.37. The van der Waals surface area contributed by atoms with E-state index in [-0.39, 0.29) is 11.7 Å². The van der Waals surface area contributed by atoms with Crippen LogP contribution < -0.4 is 11.0 Å².